The largest absolute Gasteiger partial charge is 0.469 e. The molecule has 4 nitrogen and oxygen atoms in total. The minimum atomic E-state index is -0.170. The Labute approximate surface area is 89.9 Å². The molecule has 0 amide bonds. The van der Waals surface area contributed by atoms with Gasteiger partial charge < -0.3 is 9.64 Å². The van der Waals surface area contributed by atoms with Crippen LogP contribution < -0.4 is 0 Å². The minimum absolute atomic E-state index is 0.170. The first kappa shape index (κ1) is 11.7. The summed E-state index contributed by atoms with van der Waals surface area (Å²) >= 11 is 0. The van der Waals surface area contributed by atoms with Crippen molar-refractivity contribution >= 4 is 5.97 Å². The van der Waals surface area contributed by atoms with Gasteiger partial charge in [-0.3, -0.25) is 9.78 Å². The smallest absolute Gasteiger partial charge is 0.306 e. The number of carbonyl (C=O) groups is 1. The second-order valence-electron chi connectivity index (χ2n) is 3.42. The molecule has 0 bridgehead atoms. The van der Waals surface area contributed by atoms with Gasteiger partial charge in [-0.25, -0.2) is 0 Å². The standard InChI is InChI=1S/C11H16N2O2/c1-13(8-5-11(14)15-2)9-10-3-6-12-7-4-10/h3-4,6-7H,5,8-9H2,1-2H3. The van der Waals surface area contributed by atoms with Gasteiger partial charge in [0.15, 0.2) is 0 Å². The van der Waals surface area contributed by atoms with Gasteiger partial charge >= 0.3 is 5.97 Å². The van der Waals surface area contributed by atoms with E-state index < -0.39 is 0 Å². The van der Waals surface area contributed by atoms with E-state index in [2.05, 4.69) is 14.6 Å². The first-order chi connectivity index (χ1) is 7.22. The maximum atomic E-state index is 10.9. The number of pyridine rings is 1. The van der Waals surface area contributed by atoms with Crippen LogP contribution in [0, 0.1) is 0 Å². The highest BCUT2D eigenvalue weighted by Crippen LogP contribution is 2.01. The van der Waals surface area contributed by atoms with Crippen molar-refractivity contribution in [2.24, 2.45) is 0 Å². The van der Waals surface area contributed by atoms with Gasteiger partial charge in [0.05, 0.1) is 13.5 Å². The number of esters is 1. The lowest BCUT2D eigenvalue weighted by molar-refractivity contribution is -0.140. The molecule has 4 heteroatoms. The second kappa shape index (κ2) is 6.14. The summed E-state index contributed by atoms with van der Waals surface area (Å²) in [7, 11) is 3.38. The molecule has 0 atom stereocenters. The van der Waals surface area contributed by atoms with Crippen LogP contribution in [0.15, 0.2) is 24.5 Å². The number of nitrogens with zero attached hydrogens (tertiary/aromatic N) is 2. The fourth-order valence-electron chi connectivity index (χ4n) is 1.26. The Balaban J connectivity index is 2.30. The zero-order valence-electron chi connectivity index (χ0n) is 9.14. The van der Waals surface area contributed by atoms with Crippen LogP contribution in [0.3, 0.4) is 0 Å². The van der Waals surface area contributed by atoms with E-state index in [1.165, 1.54) is 12.7 Å². The average molecular weight is 208 g/mol. The van der Waals surface area contributed by atoms with Crippen molar-refractivity contribution in [2.45, 2.75) is 13.0 Å². The molecule has 0 aliphatic heterocycles. The van der Waals surface area contributed by atoms with E-state index in [0.29, 0.717) is 13.0 Å². The van der Waals surface area contributed by atoms with Crippen molar-refractivity contribution in [2.75, 3.05) is 20.7 Å². The fourth-order valence-corrected chi connectivity index (χ4v) is 1.26. The van der Waals surface area contributed by atoms with E-state index in [0.717, 1.165) is 6.54 Å². The third-order valence-corrected chi connectivity index (χ3v) is 2.13. The van der Waals surface area contributed by atoms with Gasteiger partial charge in [0, 0.05) is 25.5 Å². The first-order valence-corrected chi connectivity index (χ1v) is 4.86. The quantitative estimate of drug-likeness (QED) is 0.679. The van der Waals surface area contributed by atoms with E-state index in [-0.39, 0.29) is 5.97 Å². The molecule has 1 heterocycles. The highest BCUT2D eigenvalue weighted by Gasteiger charge is 2.04. The number of aromatic nitrogens is 1. The van der Waals surface area contributed by atoms with Crippen LogP contribution in [-0.2, 0) is 16.1 Å². The van der Waals surface area contributed by atoms with Crippen molar-refractivity contribution < 1.29 is 9.53 Å². The molecule has 0 saturated heterocycles. The molecule has 0 saturated carbocycles. The van der Waals surface area contributed by atoms with Crippen molar-refractivity contribution in [3.63, 3.8) is 0 Å². The minimum Gasteiger partial charge on any atom is -0.469 e. The number of methoxy groups -OCH3 is 1. The molecule has 0 N–H and O–H groups in total. The van der Waals surface area contributed by atoms with Gasteiger partial charge in [-0.1, -0.05) is 0 Å². The lowest BCUT2D eigenvalue weighted by Gasteiger charge is -2.15. The summed E-state index contributed by atoms with van der Waals surface area (Å²) in [6, 6.07) is 3.93. The first-order valence-electron chi connectivity index (χ1n) is 4.86. The summed E-state index contributed by atoms with van der Waals surface area (Å²) in [6.45, 7) is 1.52. The summed E-state index contributed by atoms with van der Waals surface area (Å²) in [5, 5.41) is 0. The molecular formula is C11H16N2O2. The topological polar surface area (TPSA) is 42.4 Å². The normalized spacial score (nSPS) is 10.3. The monoisotopic (exact) mass is 208 g/mol. The van der Waals surface area contributed by atoms with Crippen LogP contribution in [-0.4, -0.2) is 36.6 Å². The van der Waals surface area contributed by atoms with Gasteiger partial charge in [0.2, 0.25) is 0 Å². The Bertz CT molecular complexity index is 301. The van der Waals surface area contributed by atoms with Gasteiger partial charge in [0.25, 0.3) is 0 Å². The Morgan fingerprint density at radius 1 is 1.47 bits per heavy atom. The van der Waals surface area contributed by atoms with Crippen LogP contribution in [0.5, 0.6) is 0 Å². The number of ether oxygens (including phenoxy) is 1. The van der Waals surface area contributed by atoms with Crippen molar-refractivity contribution in [3.05, 3.63) is 30.1 Å². The summed E-state index contributed by atoms with van der Waals surface area (Å²) < 4.78 is 4.58. The third kappa shape index (κ3) is 4.56. The molecule has 0 spiro atoms. The summed E-state index contributed by atoms with van der Waals surface area (Å²) in [5.41, 5.74) is 1.19. The van der Waals surface area contributed by atoms with Crippen LogP contribution in [0.1, 0.15) is 12.0 Å². The molecule has 0 aromatic carbocycles. The lowest BCUT2D eigenvalue weighted by atomic mass is 10.2. The van der Waals surface area contributed by atoms with Crippen molar-refractivity contribution in [3.8, 4) is 0 Å². The van der Waals surface area contributed by atoms with E-state index >= 15 is 0 Å². The molecule has 0 unspecified atom stereocenters. The Morgan fingerprint density at radius 3 is 2.73 bits per heavy atom. The zero-order chi connectivity index (χ0) is 11.1. The van der Waals surface area contributed by atoms with Gasteiger partial charge in [0.1, 0.15) is 0 Å². The summed E-state index contributed by atoms with van der Waals surface area (Å²) in [6.07, 6.45) is 3.96. The Morgan fingerprint density at radius 2 is 2.13 bits per heavy atom. The van der Waals surface area contributed by atoms with Crippen LogP contribution >= 0.6 is 0 Å². The molecule has 0 fully saturated rings. The molecule has 0 aliphatic rings. The number of hydrogen-bond acceptors (Lipinski definition) is 4. The molecule has 1 aromatic rings. The molecule has 0 aliphatic carbocycles. The highest BCUT2D eigenvalue weighted by atomic mass is 16.5. The van der Waals surface area contributed by atoms with Crippen molar-refractivity contribution in [1.82, 2.24) is 9.88 Å². The van der Waals surface area contributed by atoms with Crippen molar-refractivity contribution in [1.29, 1.82) is 0 Å². The molecule has 1 rings (SSSR count). The Kier molecular flexibility index (Phi) is 4.77. The average Bonchev–Trinajstić information content (AvgIpc) is 2.27. The van der Waals surface area contributed by atoms with E-state index in [1.807, 2.05) is 19.2 Å². The fraction of sp³-hybridized carbons (Fsp3) is 0.455. The SMILES string of the molecule is COC(=O)CCN(C)Cc1ccncc1. The molecule has 15 heavy (non-hydrogen) atoms. The zero-order valence-corrected chi connectivity index (χ0v) is 9.14. The Hall–Kier alpha value is -1.42. The van der Waals surface area contributed by atoms with E-state index in [9.17, 15) is 4.79 Å². The summed E-state index contributed by atoms with van der Waals surface area (Å²) in [4.78, 5) is 16.9. The van der Waals surface area contributed by atoms with Crippen LogP contribution in [0.2, 0.25) is 0 Å². The highest BCUT2D eigenvalue weighted by molar-refractivity contribution is 5.69. The van der Waals surface area contributed by atoms with Crippen LogP contribution in [0.25, 0.3) is 0 Å². The molecule has 1 aromatic heterocycles. The second-order valence-corrected chi connectivity index (χ2v) is 3.42. The number of carbonyl (C=O) groups excluding carboxylic acids is 1. The van der Waals surface area contributed by atoms with Gasteiger partial charge in [-0.15, -0.1) is 0 Å². The number of rotatable bonds is 5. The van der Waals surface area contributed by atoms with E-state index in [1.54, 1.807) is 12.4 Å². The van der Waals surface area contributed by atoms with Gasteiger partial charge in [-0.2, -0.15) is 0 Å². The predicted octanol–water partition coefficient (Wildman–Crippen LogP) is 1.08. The molecule has 82 valence electrons. The van der Waals surface area contributed by atoms with Crippen LogP contribution in [0.4, 0.5) is 0 Å². The maximum absolute atomic E-state index is 10.9. The van der Waals surface area contributed by atoms with Gasteiger partial charge in [-0.05, 0) is 24.7 Å². The van der Waals surface area contributed by atoms with E-state index in [4.69, 9.17) is 0 Å². The molecular weight excluding hydrogens is 192 g/mol. The maximum Gasteiger partial charge on any atom is 0.306 e. The number of hydrogen-bond donors (Lipinski definition) is 0. The lowest BCUT2D eigenvalue weighted by Crippen LogP contribution is -2.21. The third-order valence-electron chi connectivity index (χ3n) is 2.13. The predicted molar refractivity (Wildman–Crippen MR) is 57.2 cm³/mol. The molecule has 0 radical (unpaired) electrons. The summed E-state index contributed by atoms with van der Waals surface area (Å²) in [5.74, 6) is -0.170.